The molecule has 1 saturated carbocycles. The molecule has 0 heterocycles. The Morgan fingerprint density at radius 2 is 1.91 bits per heavy atom. The third kappa shape index (κ3) is 4.92. The van der Waals surface area contributed by atoms with Crippen molar-refractivity contribution < 1.29 is 9.18 Å². The lowest BCUT2D eigenvalue weighted by Gasteiger charge is -2.33. The van der Waals surface area contributed by atoms with Gasteiger partial charge in [-0.2, -0.15) is 0 Å². The Hall–Kier alpha value is -1.13. The van der Waals surface area contributed by atoms with Crippen molar-refractivity contribution in [2.24, 2.45) is 23.0 Å². The summed E-state index contributed by atoms with van der Waals surface area (Å²) in [6, 6.07) is 6.25. The first-order chi connectivity index (χ1) is 10.3. The number of carbonyl (C=O) groups excluding carboxylic acids is 1. The zero-order valence-electron chi connectivity index (χ0n) is 14.1. The number of nitrogens with one attached hydrogen (secondary N) is 1. The van der Waals surface area contributed by atoms with Crippen molar-refractivity contribution >= 4 is 18.3 Å². The Morgan fingerprint density at radius 1 is 1.30 bits per heavy atom. The first-order valence-electron chi connectivity index (χ1n) is 8.09. The number of nitrogens with two attached hydrogens (primary N) is 1. The monoisotopic (exact) mass is 342 g/mol. The van der Waals surface area contributed by atoms with Gasteiger partial charge in [-0.05, 0) is 48.4 Å². The highest BCUT2D eigenvalue weighted by Crippen LogP contribution is 2.36. The Morgan fingerprint density at radius 3 is 2.43 bits per heavy atom. The van der Waals surface area contributed by atoms with Crippen LogP contribution in [0.2, 0.25) is 0 Å². The molecule has 0 bridgehead atoms. The summed E-state index contributed by atoms with van der Waals surface area (Å²) in [5, 5.41) is 3.18. The molecule has 0 spiro atoms. The molecule has 130 valence electrons. The van der Waals surface area contributed by atoms with E-state index in [0.29, 0.717) is 6.54 Å². The van der Waals surface area contributed by atoms with Crippen LogP contribution in [-0.4, -0.2) is 12.5 Å². The summed E-state index contributed by atoms with van der Waals surface area (Å²) in [6.07, 6.45) is 3.01. The van der Waals surface area contributed by atoms with Gasteiger partial charge in [0.25, 0.3) is 0 Å². The first-order valence-corrected chi connectivity index (χ1v) is 8.09. The minimum Gasteiger partial charge on any atom is -0.349 e. The van der Waals surface area contributed by atoms with Crippen LogP contribution in [0.15, 0.2) is 24.3 Å². The number of carbonyl (C=O) groups is 1. The fraction of sp³-hybridized carbons (Fsp3) is 0.611. The van der Waals surface area contributed by atoms with Crippen molar-refractivity contribution in [3.05, 3.63) is 35.6 Å². The highest BCUT2D eigenvalue weighted by molar-refractivity contribution is 5.85. The maximum absolute atomic E-state index is 13.2. The maximum atomic E-state index is 13.2. The molecule has 1 amide bonds. The van der Waals surface area contributed by atoms with E-state index in [1.807, 2.05) is 0 Å². The van der Waals surface area contributed by atoms with E-state index in [1.165, 1.54) is 12.1 Å². The fourth-order valence-corrected chi connectivity index (χ4v) is 3.37. The van der Waals surface area contributed by atoms with Gasteiger partial charge < -0.3 is 11.1 Å². The van der Waals surface area contributed by atoms with Crippen molar-refractivity contribution in [1.29, 1.82) is 0 Å². The van der Waals surface area contributed by atoms with Crippen LogP contribution in [0.25, 0.3) is 0 Å². The lowest BCUT2D eigenvalue weighted by atomic mass is 9.81. The summed E-state index contributed by atoms with van der Waals surface area (Å²) in [4.78, 5) is 12.7. The quantitative estimate of drug-likeness (QED) is 0.873. The molecule has 3 N–H and O–H groups in total. The molecule has 0 saturated heterocycles. The maximum Gasteiger partial charge on any atom is 0.223 e. The van der Waals surface area contributed by atoms with Crippen molar-refractivity contribution in [2.75, 3.05) is 6.54 Å². The van der Waals surface area contributed by atoms with Gasteiger partial charge in [0, 0.05) is 5.92 Å². The van der Waals surface area contributed by atoms with E-state index in [0.717, 1.165) is 24.8 Å². The Bertz CT molecular complexity index is 513. The lowest BCUT2D eigenvalue weighted by molar-refractivity contribution is -0.127. The largest absolute Gasteiger partial charge is 0.349 e. The van der Waals surface area contributed by atoms with Crippen molar-refractivity contribution in [1.82, 2.24) is 5.32 Å². The van der Waals surface area contributed by atoms with E-state index in [1.54, 1.807) is 12.1 Å². The van der Waals surface area contributed by atoms with Crippen LogP contribution in [0, 0.1) is 23.1 Å². The van der Waals surface area contributed by atoms with E-state index < -0.39 is 0 Å². The Balaban J connectivity index is 0.00000264. The Kier molecular flexibility index (Phi) is 7.02. The van der Waals surface area contributed by atoms with Gasteiger partial charge in [-0.15, -0.1) is 12.4 Å². The molecule has 1 fully saturated rings. The van der Waals surface area contributed by atoms with Gasteiger partial charge in [0.1, 0.15) is 5.82 Å². The molecule has 1 unspecified atom stereocenters. The zero-order valence-corrected chi connectivity index (χ0v) is 15.0. The molecule has 1 aromatic carbocycles. The lowest BCUT2D eigenvalue weighted by Crippen LogP contribution is -2.41. The molecule has 5 heteroatoms. The number of hydrogen-bond acceptors (Lipinski definition) is 2. The van der Waals surface area contributed by atoms with Crippen LogP contribution < -0.4 is 11.1 Å². The number of rotatable bonds is 4. The third-order valence-corrected chi connectivity index (χ3v) is 4.65. The summed E-state index contributed by atoms with van der Waals surface area (Å²) >= 11 is 0. The molecule has 1 aliphatic rings. The molecule has 0 aromatic heterocycles. The van der Waals surface area contributed by atoms with Crippen LogP contribution in [0.5, 0.6) is 0 Å². The van der Waals surface area contributed by atoms with E-state index in [2.05, 4.69) is 26.1 Å². The summed E-state index contributed by atoms with van der Waals surface area (Å²) in [5.74, 6) is 0.114. The van der Waals surface area contributed by atoms with Gasteiger partial charge in [0.2, 0.25) is 5.91 Å². The molecule has 3 atom stereocenters. The van der Waals surface area contributed by atoms with Gasteiger partial charge >= 0.3 is 0 Å². The van der Waals surface area contributed by atoms with Gasteiger partial charge in [0.15, 0.2) is 0 Å². The predicted molar refractivity (Wildman–Crippen MR) is 93.9 cm³/mol. The molecule has 3 nitrogen and oxygen atoms in total. The highest BCUT2D eigenvalue weighted by atomic mass is 35.5. The summed E-state index contributed by atoms with van der Waals surface area (Å²) < 4.78 is 13.2. The van der Waals surface area contributed by atoms with Crippen LogP contribution in [-0.2, 0) is 4.79 Å². The SMILES string of the molecule is CC(C)(C)C(NC(=O)[C@@H]1CCC[C@@H]1CN)c1ccc(F)cc1.Cl. The third-order valence-electron chi connectivity index (χ3n) is 4.65. The number of hydrogen-bond donors (Lipinski definition) is 2. The second-order valence-corrected chi connectivity index (χ2v) is 7.39. The van der Waals surface area contributed by atoms with Crippen LogP contribution >= 0.6 is 12.4 Å². The van der Waals surface area contributed by atoms with Crippen molar-refractivity contribution in [3.8, 4) is 0 Å². The first kappa shape index (κ1) is 19.9. The van der Waals surface area contributed by atoms with E-state index in [-0.39, 0.29) is 47.4 Å². The van der Waals surface area contributed by atoms with Gasteiger partial charge in [-0.1, -0.05) is 39.3 Å². The second kappa shape index (κ2) is 8.11. The molecule has 1 aromatic rings. The molecular formula is C18H28ClFN2O. The second-order valence-electron chi connectivity index (χ2n) is 7.39. The molecule has 2 rings (SSSR count). The predicted octanol–water partition coefficient (Wildman–Crippen LogP) is 3.83. The van der Waals surface area contributed by atoms with Crippen molar-refractivity contribution in [2.45, 2.75) is 46.1 Å². The highest BCUT2D eigenvalue weighted by Gasteiger charge is 2.35. The molecule has 0 radical (unpaired) electrons. The molecule has 1 aliphatic carbocycles. The average molecular weight is 343 g/mol. The van der Waals surface area contributed by atoms with Gasteiger partial charge in [-0.3, -0.25) is 4.79 Å². The number of halogens is 2. The number of benzene rings is 1. The minimum atomic E-state index is -0.262. The summed E-state index contributed by atoms with van der Waals surface area (Å²) in [6.45, 7) is 6.80. The summed E-state index contributed by atoms with van der Waals surface area (Å²) in [7, 11) is 0. The molecular weight excluding hydrogens is 315 g/mol. The van der Waals surface area contributed by atoms with Gasteiger partial charge in [-0.25, -0.2) is 4.39 Å². The van der Waals surface area contributed by atoms with E-state index in [9.17, 15) is 9.18 Å². The van der Waals surface area contributed by atoms with Gasteiger partial charge in [0.05, 0.1) is 6.04 Å². The summed E-state index contributed by atoms with van der Waals surface area (Å²) in [5.41, 5.74) is 6.57. The minimum absolute atomic E-state index is 0. The van der Waals surface area contributed by atoms with Crippen LogP contribution in [0.4, 0.5) is 4.39 Å². The van der Waals surface area contributed by atoms with E-state index >= 15 is 0 Å². The average Bonchev–Trinajstić information content (AvgIpc) is 2.93. The Labute approximate surface area is 144 Å². The normalized spacial score (nSPS) is 22.3. The fourth-order valence-electron chi connectivity index (χ4n) is 3.37. The zero-order chi connectivity index (χ0) is 16.3. The van der Waals surface area contributed by atoms with Crippen LogP contribution in [0.3, 0.4) is 0 Å². The van der Waals surface area contributed by atoms with Crippen LogP contribution in [0.1, 0.15) is 51.6 Å². The van der Waals surface area contributed by atoms with E-state index in [4.69, 9.17) is 5.73 Å². The molecule has 0 aliphatic heterocycles. The standard InChI is InChI=1S/C18H27FN2O.ClH/c1-18(2,3)16(12-7-9-14(19)10-8-12)21-17(22)15-6-4-5-13(15)11-20;/h7-10,13,15-16H,4-6,11,20H2,1-3H3,(H,21,22);1H/t13-,15-,16?;/m1./s1. The van der Waals surface area contributed by atoms with Crippen molar-refractivity contribution in [3.63, 3.8) is 0 Å². The smallest absolute Gasteiger partial charge is 0.223 e. The molecule has 23 heavy (non-hydrogen) atoms. The topological polar surface area (TPSA) is 55.1 Å². The number of amides is 1.